The number of hydrogen-bond acceptors (Lipinski definition) is 3. The van der Waals surface area contributed by atoms with Gasteiger partial charge in [-0.2, -0.15) is 5.10 Å². The van der Waals surface area contributed by atoms with Crippen LogP contribution in [-0.4, -0.2) is 25.2 Å². The normalized spacial score (nSPS) is 10.7. The zero-order chi connectivity index (χ0) is 16.7. The number of carbonyl (C=O) groups is 1. The molecule has 0 heterocycles. The Morgan fingerprint density at radius 3 is 2.48 bits per heavy atom. The van der Waals surface area contributed by atoms with Crippen LogP contribution >= 0.6 is 11.6 Å². The fraction of sp³-hybridized carbons (Fsp3) is 0.222. The summed E-state index contributed by atoms with van der Waals surface area (Å²) in [5, 5.41) is 4.50. The van der Waals surface area contributed by atoms with Crippen LogP contribution in [0, 0.1) is 0 Å². The predicted molar refractivity (Wildman–Crippen MR) is 96.5 cm³/mol. The molecular weight excluding hydrogens is 310 g/mol. The van der Waals surface area contributed by atoms with Crippen molar-refractivity contribution in [2.24, 2.45) is 5.10 Å². The second-order valence-corrected chi connectivity index (χ2v) is 5.41. The van der Waals surface area contributed by atoms with Crippen LogP contribution in [0.25, 0.3) is 0 Å². The summed E-state index contributed by atoms with van der Waals surface area (Å²) >= 11 is 5.86. The maximum absolute atomic E-state index is 11.9. The Kier molecular flexibility index (Phi) is 6.18. The van der Waals surface area contributed by atoms with Gasteiger partial charge in [0.2, 0.25) is 0 Å². The molecule has 0 aliphatic rings. The number of anilines is 1. The van der Waals surface area contributed by atoms with Gasteiger partial charge in [0.05, 0.1) is 6.21 Å². The molecule has 0 saturated heterocycles. The van der Waals surface area contributed by atoms with Gasteiger partial charge in [-0.25, -0.2) is 5.43 Å². The molecular formula is C18H20ClN3O. The number of nitrogens with one attached hydrogen (secondary N) is 1. The van der Waals surface area contributed by atoms with E-state index in [4.69, 9.17) is 11.6 Å². The first-order chi connectivity index (χ1) is 11.1. The minimum absolute atomic E-state index is 0.288. The summed E-state index contributed by atoms with van der Waals surface area (Å²) < 4.78 is 0. The van der Waals surface area contributed by atoms with Crippen LogP contribution in [0.1, 0.15) is 29.8 Å². The van der Waals surface area contributed by atoms with Gasteiger partial charge in [-0.1, -0.05) is 29.8 Å². The second-order valence-electron chi connectivity index (χ2n) is 4.97. The van der Waals surface area contributed by atoms with Gasteiger partial charge in [0, 0.05) is 29.4 Å². The molecule has 0 spiro atoms. The van der Waals surface area contributed by atoms with E-state index in [1.807, 2.05) is 24.3 Å². The van der Waals surface area contributed by atoms with E-state index in [2.05, 4.69) is 29.3 Å². The highest BCUT2D eigenvalue weighted by Crippen LogP contribution is 2.14. The molecule has 1 amide bonds. The Labute approximate surface area is 141 Å². The first kappa shape index (κ1) is 17.0. The maximum atomic E-state index is 11.9. The summed E-state index contributed by atoms with van der Waals surface area (Å²) in [6.45, 7) is 6.20. The maximum Gasteiger partial charge on any atom is 0.271 e. The molecule has 0 unspecified atom stereocenters. The summed E-state index contributed by atoms with van der Waals surface area (Å²) in [6, 6.07) is 14.8. The van der Waals surface area contributed by atoms with Gasteiger partial charge < -0.3 is 4.90 Å². The zero-order valence-electron chi connectivity index (χ0n) is 13.3. The Hall–Kier alpha value is -2.33. The van der Waals surface area contributed by atoms with Crippen LogP contribution in [0.4, 0.5) is 5.69 Å². The van der Waals surface area contributed by atoms with Crippen molar-refractivity contribution in [2.75, 3.05) is 18.0 Å². The quantitative estimate of drug-likeness (QED) is 0.644. The Bertz CT molecular complexity index is 679. The lowest BCUT2D eigenvalue weighted by Crippen LogP contribution is -2.21. The standard InChI is InChI=1S/C18H20ClN3O/c1-3-22(4-2)17-10-8-14(9-11-17)13-20-21-18(23)15-6-5-7-16(19)12-15/h5-13H,3-4H2,1-2H3,(H,21,23). The molecule has 2 rings (SSSR count). The summed E-state index contributed by atoms with van der Waals surface area (Å²) in [5.74, 6) is -0.288. The van der Waals surface area contributed by atoms with Gasteiger partial charge in [0.1, 0.15) is 0 Å². The molecule has 23 heavy (non-hydrogen) atoms. The lowest BCUT2D eigenvalue weighted by Gasteiger charge is -2.20. The van der Waals surface area contributed by atoms with E-state index >= 15 is 0 Å². The second kappa shape index (κ2) is 8.34. The number of benzene rings is 2. The summed E-state index contributed by atoms with van der Waals surface area (Å²) in [4.78, 5) is 14.2. The van der Waals surface area contributed by atoms with Crippen molar-refractivity contribution in [3.05, 3.63) is 64.7 Å². The van der Waals surface area contributed by atoms with Crippen molar-refractivity contribution in [1.29, 1.82) is 0 Å². The van der Waals surface area contributed by atoms with Gasteiger partial charge >= 0.3 is 0 Å². The van der Waals surface area contributed by atoms with Crippen LogP contribution in [-0.2, 0) is 0 Å². The molecule has 4 nitrogen and oxygen atoms in total. The molecule has 0 aromatic heterocycles. The SMILES string of the molecule is CCN(CC)c1ccc(C=NNC(=O)c2cccc(Cl)c2)cc1. The van der Waals surface area contributed by atoms with Crippen molar-refractivity contribution in [3.8, 4) is 0 Å². The van der Waals surface area contributed by atoms with Crippen LogP contribution < -0.4 is 10.3 Å². The van der Waals surface area contributed by atoms with Gasteiger partial charge in [-0.05, 0) is 49.7 Å². The van der Waals surface area contributed by atoms with Crippen molar-refractivity contribution in [1.82, 2.24) is 5.43 Å². The van der Waals surface area contributed by atoms with E-state index in [-0.39, 0.29) is 5.91 Å². The lowest BCUT2D eigenvalue weighted by atomic mass is 10.2. The van der Waals surface area contributed by atoms with E-state index in [0.717, 1.165) is 18.7 Å². The molecule has 2 aromatic carbocycles. The van der Waals surface area contributed by atoms with Crippen molar-refractivity contribution < 1.29 is 4.79 Å². The third-order valence-electron chi connectivity index (χ3n) is 3.49. The van der Waals surface area contributed by atoms with Crippen LogP contribution in [0.15, 0.2) is 53.6 Å². The molecule has 2 aromatic rings. The fourth-order valence-corrected chi connectivity index (χ4v) is 2.41. The third-order valence-corrected chi connectivity index (χ3v) is 3.72. The lowest BCUT2D eigenvalue weighted by molar-refractivity contribution is 0.0955. The number of nitrogens with zero attached hydrogens (tertiary/aromatic N) is 2. The van der Waals surface area contributed by atoms with Gasteiger partial charge in [-0.15, -0.1) is 0 Å². The van der Waals surface area contributed by atoms with E-state index in [1.54, 1.807) is 30.5 Å². The van der Waals surface area contributed by atoms with Gasteiger partial charge in [0.15, 0.2) is 0 Å². The Balaban J connectivity index is 1.96. The minimum Gasteiger partial charge on any atom is -0.372 e. The van der Waals surface area contributed by atoms with E-state index < -0.39 is 0 Å². The van der Waals surface area contributed by atoms with Crippen molar-refractivity contribution in [3.63, 3.8) is 0 Å². The van der Waals surface area contributed by atoms with E-state index in [9.17, 15) is 4.79 Å². The number of hydrazone groups is 1. The first-order valence-corrected chi connectivity index (χ1v) is 7.95. The number of hydrogen-bond donors (Lipinski definition) is 1. The summed E-state index contributed by atoms with van der Waals surface area (Å²) in [6.07, 6.45) is 1.62. The molecule has 5 heteroatoms. The Morgan fingerprint density at radius 2 is 1.87 bits per heavy atom. The molecule has 0 saturated carbocycles. The topological polar surface area (TPSA) is 44.7 Å². The minimum atomic E-state index is -0.288. The fourth-order valence-electron chi connectivity index (χ4n) is 2.22. The molecule has 1 N–H and O–H groups in total. The number of rotatable bonds is 6. The molecule has 0 fully saturated rings. The van der Waals surface area contributed by atoms with Crippen molar-refractivity contribution in [2.45, 2.75) is 13.8 Å². The molecule has 0 bridgehead atoms. The highest BCUT2D eigenvalue weighted by Gasteiger charge is 2.04. The Morgan fingerprint density at radius 1 is 1.17 bits per heavy atom. The van der Waals surface area contributed by atoms with Crippen LogP contribution in [0.2, 0.25) is 5.02 Å². The smallest absolute Gasteiger partial charge is 0.271 e. The average molecular weight is 330 g/mol. The molecule has 0 atom stereocenters. The number of halogens is 1. The monoisotopic (exact) mass is 329 g/mol. The van der Waals surface area contributed by atoms with Crippen LogP contribution in [0.3, 0.4) is 0 Å². The van der Waals surface area contributed by atoms with Crippen molar-refractivity contribution >= 4 is 29.4 Å². The highest BCUT2D eigenvalue weighted by atomic mass is 35.5. The van der Waals surface area contributed by atoms with E-state index in [0.29, 0.717) is 10.6 Å². The average Bonchev–Trinajstić information content (AvgIpc) is 2.57. The van der Waals surface area contributed by atoms with E-state index in [1.165, 1.54) is 5.69 Å². The largest absolute Gasteiger partial charge is 0.372 e. The third kappa shape index (κ3) is 4.83. The zero-order valence-corrected chi connectivity index (χ0v) is 14.0. The molecule has 0 radical (unpaired) electrons. The summed E-state index contributed by atoms with van der Waals surface area (Å²) in [7, 11) is 0. The first-order valence-electron chi connectivity index (χ1n) is 7.58. The highest BCUT2D eigenvalue weighted by molar-refractivity contribution is 6.30. The molecule has 120 valence electrons. The summed E-state index contributed by atoms with van der Waals surface area (Å²) in [5.41, 5.74) is 5.07. The molecule has 0 aliphatic heterocycles. The number of carbonyl (C=O) groups excluding carboxylic acids is 1. The molecule has 0 aliphatic carbocycles. The van der Waals surface area contributed by atoms with Gasteiger partial charge in [-0.3, -0.25) is 4.79 Å². The van der Waals surface area contributed by atoms with Crippen LogP contribution in [0.5, 0.6) is 0 Å². The predicted octanol–water partition coefficient (Wildman–Crippen LogP) is 3.95. The number of amides is 1. The van der Waals surface area contributed by atoms with Gasteiger partial charge in [0.25, 0.3) is 5.91 Å².